The molecule has 1 aliphatic rings. The molecule has 2 rings (SSSR count). The molecular formula is C15H23N3O. The van der Waals surface area contributed by atoms with Crippen LogP contribution in [-0.2, 0) is 11.2 Å². The third-order valence-electron chi connectivity index (χ3n) is 3.60. The van der Waals surface area contributed by atoms with Gasteiger partial charge in [0.05, 0.1) is 5.92 Å². The molecule has 1 aromatic rings. The van der Waals surface area contributed by atoms with E-state index in [0.717, 1.165) is 31.5 Å². The molecule has 4 nitrogen and oxygen atoms in total. The molecule has 1 unspecified atom stereocenters. The summed E-state index contributed by atoms with van der Waals surface area (Å²) in [6, 6.07) is 10.0. The number of nitrogens with zero attached hydrogens (tertiary/aromatic N) is 1. The van der Waals surface area contributed by atoms with Crippen molar-refractivity contribution in [2.75, 3.05) is 19.6 Å². The van der Waals surface area contributed by atoms with E-state index in [2.05, 4.69) is 5.43 Å². The molecule has 1 saturated heterocycles. The maximum Gasteiger partial charge on any atom is 0.238 e. The minimum absolute atomic E-state index is 0.0493. The van der Waals surface area contributed by atoms with Crippen molar-refractivity contribution in [2.45, 2.75) is 25.7 Å². The summed E-state index contributed by atoms with van der Waals surface area (Å²) in [7, 11) is 0. The molecule has 0 aliphatic carbocycles. The summed E-state index contributed by atoms with van der Waals surface area (Å²) in [5.41, 5.74) is 9.91. The van der Waals surface area contributed by atoms with Crippen molar-refractivity contribution >= 4 is 5.91 Å². The van der Waals surface area contributed by atoms with Gasteiger partial charge < -0.3 is 5.73 Å². The molecule has 1 aliphatic heterocycles. The summed E-state index contributed by atoms with van der Waals surface area (Å²) in [6.07, 6.45) is 4.28. The average molecular weight is 261 g/mol. The maximum atomic E-state index is 12.2. The number of piperidine rings is 1. The Balaban J connectivity index is 1.87. The molecule has 1 atom stereocenters. The fraction of sp³-hybridized carbons (Fsp3) is 0.533. The summed E-state index contributed by atoms with van der Waals surface area (Å²) in [5.74, 6) is -0.0995. The zero-order chi connectivity index (χ0) is 13.5. The monoisotopic (exact) mass is 261 g/mol. The van der Waals surface area contributed by atoms with Gasteiger partial charge in [0, 0.05) is 19.6 Å². The van der Waals surface area contributed by atoms with Crippen molar-refractivity contribution in [3.8, 4) is 0 Å². The predicted octanol–water partition coefficient (Wildman–Crippen LogP) is 1.32. The summed E-state index contributed by atoms with van der Waals surface area (Å²) in [6.45, 7) is 2.29. The van der Waals surface area contributed by atoms with Crippen molar-refractivity contribution in [3.63, 3.8) is 0 Å². The van der Waals surface area contributed by atoms with Crippen LogP contribution in [0.25, 0.3) is 0 Å². The molecule has 1 aromatic carbocycles. The van der Waals surface area contributed by atoms with E-state index in [9.17, 15) is 4.79 Å². The maximum absolute atomic E-state index is 12.2. The molecule has 0 saturated carbocycles. The number of nitrogens with one attached hydrogen (secondary N) is 1. The van der Waals surface area contributed by atoms with Gasteiger partial charge in [-0.15, -0.1) is 0 Å². The van der Waals surface area contributed by atoms with E-state index >= 15 is 0 Å². The standard InChI is InChI=1S/C15H23N3O/c16-12-14(11-13-7-3-1-4-8-13)15(19)17-18-9-5-2-6-10-18/h1,3-4,7-8,14H,2,5-6,9-12,16H2,(H,17,19). The van der Waals surface area contributed by atoms with Crippen LogP contribution in [0.3, 0.4) is 0 Å². The normalized spacial score (nSPS) is 17.9. The number of benzene rings is 1. The molecule has 19 heavy (non-hydrogen) atoms. The second-order valence-corrected chi connectivity index (χ2v) is 5.15. The zero-order valence-electron chi connectivity index (χ0n) is 11.3. The number of amides is 1. The highest BCUT2D eigenvalue weighted by atomic mass is 16.2. The Labute approximate surface area is 114 Å². The fourth-order valence-electron chi connectivity index (χ4n) is 2.43. The van der Waals surface area contributed by atoms with Crippen LogP contribution in [0.1, 0.15) is 24.8 Å². The molecule has 1 fully saturated rings. The Morgan fingerprint density at radius 3 is 2.53 bits per heavy atom. The first kappa shape index (κ1) is 14.0. The second-order valence-electron chi connectivity index (χ2n) is 5.15. The van der Waals surface area contributed by atoms with E-state index in [1.807, 2.05) is 35.3 Å². The minimum atomic E-state index is -0.149. The van der Waals surface area contributed by atoms with Crippen LogP contribution in [0, 0.1) is 5.92 Å². The molecule has 104 valence electrons. The molecule has 0 bridgehead atoms. The van der Waals surface area contributed by atoms with Crippen molar-refractivity contribution < 1.29 is 4.79 Å². The Bertz CT molecular complexity index is 388. The lowest BCUT2D eigenvalue weighted by atomic mass is 9.99. The highest BCUT2D eigenvalue weighted by Gasteiger charge is 2.20. The van der Waals surface area contributed by atoms with Gasteiger partial charge >= 0.3 is 0 Å². The van der Waals surface area contributed by atoms with E-state index in [4.69, 9.17) is 5.73 Å². The Morgan fingerprint density at radius 1 is 1.21 bits per heavy atom. The van der Waals surface area contributed by atoms with Crippen molar-refractivity contribution in [1.29, 1.82) is 0 Å². The van der Waals surface area contributed by atoms with Crippen LogP contribution in [0.2, 0.25) is 0 Å². The molecule has 0 radical (unpaired) electrons. The van der Waals surface area contributed by atoms with Crippen LogP contribution in [0.15, 0.2) is 30.3 Å². The summed E-state index contributed by atoms with van der Waals surface area (Å²) < 4.78 is 0. The van der Waals surface area contributed by atoms with Crippen molar-refractivity contribution in [1.82, 2.24) is 10.4 Å². The van der Waals surface area contributed by atoms with Gasteiger partial charge in [-0.1, -0.05) is 36.8 Å². The topological polar surface area (TPSA) is 58.4 Å². The number of hydrogen-bond donors (Lipinski definition) is 2. The van der Waals surface area contributed by atoms with Crippen LogP contribution < -0.4 is 11.2 Å². The molecule has 4 heteroatoms. The summed E-state index contributed by atoms with van der Waals surface area (Å²) in [4.78, 5) is 12.2. The van der Waals surface area contributed by atoms with Crippen molar-refractivity contribution in [3.05, 3.63) is 35.9 Å². The van der Waals surface area contributed by atoms with Gasteiger partial charge in [0.1, 0.15) is 0 Å². The lowest BCUT2D eigenvalue weighted by Gasteiger charge is -2.28. The van der Waals surface area contributed by atoms with E-state index in [1.54, 1.807) is 0 Å². The highest BCUT2D eigenvalue weighted by molar-refractivity contribution is 5.78. The van der Waals surface area contributed by atoms with Crippen LogP contribution in [0.4, 0.5) is 0 Å². The third-order valence-corrected chi connectivity index (χ3v) is 3.60. The smallest absolute Gasteiger partial charge is 0.238 e. The summed E-state index contributed by atoms with van der Waals surface area (Å²) >= 11 is 0. The third kappa shape index (κ3) is 4.33. The second kappa shape index (κ2) is 7.26. The van der Waals surface area contributed by atoms with E-state index in [-0.39, 0.29) is 11.8 Å². The van der Waals surface area contributed by atoms with Gasteiger partial charge in [0.25, 0.3) is 0 Å². The number of carbonyl (C=O) groups excluding carboxylic acids is 1. The number of hydrogen-bond acceptors (Lipinski definition) is 3. The summed E-state index contributed by atoms with van der Waals surface area (Å²) in [5, 5.41) is 2.03. The Kier molecular flexibility index (Phi) is 5.36. The molecule has 0 aromatic heterocycles. The van der Waals surface area contributed by atoms with Gasteiger partial charge in [-0.25, -0.2) is 5.01 Å². The minimum Gasteiger partial charge on any atom is -0.330 e. The fourth-order valence-corrected chi connectivity index (χ4v) is 2.43. The number of hydrazine groups is 1. The van der Waals surface area contributed by atoms with Crippen LogP contribution >= 0.6 is 0 Å². The van der Waals surface area contributed by atoms with E-state index < -0.39 is 0 Å². The molecule has 3 N–H and O–H groups in total. The Hall–Kier alpha value is -1.39. The first-order chi connectivity index (χ1) is 9.29. The van der Waals surface area contributed by atoms with Crippen LogP contribution in [0.5, 0.6) is 0 Å². The molecular weight excluding hydrogens is 238 g/mol. The number of rotatable bonds is 5. The van der Waals surface area contributed by atoms with Gasteiger partial charge in [-0.2, -0.15) is 0 Å². The van der Waals surface area contributed by atoms with Crippen LogP contribution in [-0.4, -0.2) is 30.6 Å². The van der Waals surface area contributed by atoms with Gasteiger partial charge in [-0.3, -0.25) is 10.2 Å². The first-order valence-corrected chi connectivity index (χ1v) is 7.09. The van der Waals surface area contributed by atoms with E-state index in [0.29, 0.717) is 13.0 Å². The van der Waals surface area contributed by atoms with Crippen molar-refractivity contribution in [2.24, 2.45) is 11.7 Å². The first-order valence-electron chi connectivity index (χ1n) is 7.09. The molecule has 0 spiro atoms. The quantitative estimate of drug-likeness (QED) is 0.840. The SMILES string of the molecule is NCC(Cc1ccccc1)C(=O)NN1CCCCC1. The van der Waals surface area contributed by atoms with Gasteiger partial charge in [0.15, 0.2) is 0 Å². The van der Waals surface area contributed by atoms with Gasteiger partial charge in [0.2, 0.25) is 5.91 Å². The average Bonchev–Trinajstić information content (AvgIpc) is 2.47. The molecule has 1 heterocycles. The predicted molar refractivity (Wildman–Crippen MR) is 76.3 cm³/mol. The largest absolute Gasteiger partial charge is 0.330 e. The van der Waals surface area contributed by atoms with Gasteiger partial charge in [-0.05, 0) is 24.8 Å². The highest BCUT2D eigenvalue weighted by Crippen LogP contribution is 2.10. The lowest BCUT2D eigenvalue weighted by Crippen LogP contribution is -2.48. The zero-order valence-corrected chi connectivity index (χ0v) is 11.3. The number of nitrogens with two attached hydrogens (primary N) is 1. The number of carbonyl (C=O) groups is 1. The lowest BCUT2D eigenvalue weighted by molar-refractivity contribution is -0.130. The Morgan fingerprint density at radius 2 is 1.89 bits per heavy atom. The molecule has 1 amide bonds. The van der Waals surface area contributed by atoms with E-state index in [1.165, 1.54) is 6.42 Å².